The first kappa shape index (κ1) is 15.2. The van der Waals surface area contributed by atoms with Gasteiger partial charge in [0, 0.05) is 23.2 Å². The quantitative estimate of drug-likeness (QED) is 0.593. The summed E-state index contributed by atoms with van der Waals surface area (Å²) in [6.07, 6.45) is 2.47. The van der Waals surface area contributed by atoms with Gasteiger partial charge in [0.15, 0.2) is 0 Å². The summed E-state index contributed by atoms with van der Waals surface area (Å²) in [7, 11) is 0. The molecule has 7 heteroatoms. The van der Waals surface area contributed by atoms with Crippen LogP contribution in [0.5, 0.6) is 0 Å². The van der Waals surface area contributed by atoms with Gasteiger partial charge in [-0.2, -0.15) is 15.4 Å². The molecule has 0 saturated carbocycles. The van der Waals surface area contributed by atoms with Gasteiger partial charge in [-0.3, -0.25) is 0 Å². The number of imidazole rings is 1. The zero-order valence-corrected chi connectivity index (χ0v) is 14.3. The Morgan fingerprint density at radius 1 is 1.00 bits per heavy atom. The molecule has 0 aliphatic heterocycles. The number of halogens is 2. The Kier molecular flexibility index (Phi) is 3.75. The average molecular weight is 358 g/mol. The van der Waals surface area contributed by atoms with Gasteiger partial charge >= 0.3 is 0 Å². The van der Waals surface area contributed by atoms with Crippen LogP contribution in [0, 0.1) is 6.92 Å². The fourth-order valence-electron chi connectivity index (χ4n) is 2.71. The van der Waals surface area contributed by atoms with E-state index in [-0.39, 0.29) is 0 Å². The van der Waals surface area contributed by atoms with Crippen molar-refractivity contribution in [2.24, 2.45) is 0 Å². The SMILES string of the molecule is Cc1n[nH]nc1Cc1c(-c2ccc(Cl)cc2)nc2ccc(Cl)cn12. The second-order valence-corrected chi connectivity index (χ2v) is 6.39. The Labute approximate surface area is 148 Å². The van der Waals surface area contributed by atoms with Crippen molar-refractivity contribution in [1.82, 2.24) is 24.8 Å². The second-order valence-electron chi connectivity index (χ2n) is 5.52. The van der Waals surface area contributed by atoms with Crippen molar-refractivity contribution in [1.29, 1.82) is 0 Å². The number of hydrogen-bond acceptors (Lipinski definition) is 3. The molecule has 1 aromatic carbocycles. The minimum Gasteiger partial charge on any atom is -0.302 e. The number of aryl methyl sites for hydroxylation is 1. The monoisotopic (exact) mass is 357 g/mol. The highest BCUT2D eigenvalue weighted by molar-refractivity contribution is 6.30. The van der Waals surface area contributed by atoms with Crippen LogP contribution in [0.2, 0.25) is 10.0 Å². The summed E-state index contributed by atoms with van der Waals surface area (Å²) >= 11 is 12.2. The van der Waals surface area contributed by atoms with Crippen LogP contribution in [0.15, 0.2) is 42.6 Å². The molecule has 0 radical (unpaired) electrons. The molecule has 24 heavy (non-hydrogen) atoms. The average Bonchev–Trinajstić information content (AvgIpc) is 3.13. The Bertz CT molecular complexity index is 1020. The van der Waals surface area contributed by atoms with Crippen molar-refractivity contribution in [3.05, 3.63) is 69.7 Å². The predicted molar refractivity (Wildman–Crippen MR) is 94.6 cm³/mol. The van der Waals surface area contributed by atoms with Gasteiger partial charge in [0.2, 0.25) is 0 Å². The van der Waals surface area contributed by atoms with Crippen molar-refractivity contribution in [2.45, 2.75) is 13.3 Å². The first-order valence-electron chi connectivity index (χ1n) is 7.40. The van der Waals surface area contributed by atoms with Crippen molar-refractivity contribution >= 4 is 28.8 Å². The molecule has 0 fully saturated rings. The third-order valence-electron chi connectivity index (χ3n) is 3.95. The molecule has 4 aromatic rings. The molecule has 0 spiro atoms. The molecule has 5 nitrogen and oxygen atoms in total. The lowest BCUT2D eigenvalue weighted by atomic mass is 10.1. The lowest BCUT2D eigenvalue weighted by Crippen LogP contribution is -1.98. The van der Waals surface area contributed by atoms with Crippen LogP contribution in [-0.4, -0.2) is 24.8 Å². The van der Waals surface area contributed by atoms with Gasteiger partial charge in [-0.05, 0) is 31.2 Å². The number of H-pyrrole nitrogens is 1. The zero-order valence-electron chi connectivity index (χ0n) is 12.8. The highest BCUT2D eigenvalue weighted by atomic mass is 35.5. The number of hydrogen-bond donors (Lipinski definition) is 1. The van der Waals surface area contributed by atoms with E-state index in [9.17, 15) is 0 Å². The Morgan fingerprint density at radius 3 is 2.46 bits per heavy atom. The van der Waals surface area contributed by atoms with Crippen molar-refractivity contribution in [3.8, 4) is 11.3 Å². The number of aromatic amines is 1. The zero-order chi connectivity index (χ0) is 16.7. The van der Waals surface area contributed by atoms with E-state index in [0.717, 1.165) is 34.0 Å². The summed E-state index contributed by atoms with van der Waals surface area (Å²) in [6, 6.07) is 11.4. The number of fused-ring (bicyclic) bond motifs is 1. The number of benzene rings is 1. The number of nitrogens with zero attached hydrogens (tertiary/aromatic N) is 4. The fraction of sp³-hybridized carbons (Fsp3) is 0.118. The number of nitrogens with one attached hydrogen (secondary N) is 1. The smallest absolute Gasteiger partial charge is 0.137 e. The van der Waals surface area contributed by atoms with Crippen LogP contribution < -0.4 is 0 Å². The van der Waals surface area contributed by atoms with Gasteiger partial charge in [0.25, 0.3) is 0 Å². The third kappa shape index (κ3) is 2.66. The minimum absolute atomic E-state index is 0.599. The van der Waals surface area contributed by atoms with Crippen LogP contribution in [0.3, 0.4) is 0 Å². The van der Waals surface area contributed by atoms with Gasteiger partial charge in [-0.15, -0.1) is 0 Å². The highest BCUT2D eigenvalue weighted by Crippen LogP contribution is 2.28. The summed E-state index contributed by atoms with van der Waals surface area (Å²) < 4.78 is 2.00. The van der Waals surface area contributed by atoms with Gasteiger partial charge < -0.3 is 4.40 Å². The molecular weight excluding hydrogens is 345 g/mol. The van der Waals surface area contributed by atoms with Gasteiger partial charge in [-0.25, -0.2) is 4.98 Å². The van der Waals surface area contributed by atoms with Gasteiger partial charge in [0.1, 0.15) is 5.65 Å². The molecule has 120 valence electrons. The van der Waals surface area contributed by atoms with E-state index in [1.807, 2.05) is 53.9 Å². The predicted octanol–water partition coefficient (Wildman–Crippen LogP) is 4.33. The molecule has 0 bridgehead atoms. The van der Waals surface area contributed by atoms with Gasteiger partial charge in [0.05, 0.1) is 27.8 Å². The van der Waals surface area contributed by atoms with Crippen LogP contribution in [0.25, 0.3) is 16.9 Å². The molecule has 0 amide bonds. The van der Waals surface area contributed by atoms with Crippen molar-refractivity contribution in [3.63, 3.8) is 0 Å². The first-order valence-corrected chi connectivity index (χ1v) is 8.16. The summed E-state index contributed by atoms with van der Waals surface area (Å²) in [5.41, 5.74) is 5.47. The lowest BCUT2D eigenvalue weighted by molar-refractivity contribution is 0.903. The maximum atomic E-state index is 6.18. The molecule has 0 atom stereocenters. The summed E-state index contributed by atoms with van der Waals surface area (Å²) in [6.45, 7) is 1.93. The van der Waals surface area contributed by atoms with Gasteiger partial charge in [-0.1, -0.05) is 35.3 Å². The Morgan fingerprint density at radius 2 is 1.75 bits per heavy atom. The molecule has 0 aliphatic carbocycles. The largest absolute Gasteiger partial charge is 0.302 e. The molecule has 3 heterocycles. The second kappa shape index (κ2) is 5.92. The highest BCUT2D eigenvalue weighted by Gasteiger charge is 2.17. The first-order chi connectivity index (χ1) is 11.6. The lowest BCUT2D eigenvalue weighted by Gasteiger charge is -2.05. The molecular formula is C17H13Cl2N5. The Hall–Kier alpha value is -2.37. The van der Waals surface area contributed by atoms with Crippen LogP contribution in [-0.2, 0) is 6.42 Å². The van der Waals surface area contributed by atoms with Crippen molar-refractivity contribution < 1.29 is 0 Å². The number of rotatable bonds is 3. The summed E-state index contributed by atoms with van der Waals surface area (Å²) in [5, 5.41) is 12.3. The van der Waals surface area contributed by atoms with E-state index in [2.05, 4.69) is 15.4 Å². The van der Waals surface area contributed by atoms with E-state index in [0.29, 0.717) is 16.5 Å². The minimum atomic E-state index is 0.599. The van der Waals surface area contributed by atoms with E-state index in [4.69, 9.17) is 28.2 Å². The summed E-state index contributed by atoms with van der Waals surface area (Å²) in [5.74, 6) is 0. The van der Waals surface area contributed by atoms with Crippen molar-refractivity contribution in [2.75, 3.05) is 0 Å². The molecule has 0 saturated heterocycles. The number of aromatic nitrogens is 5. The van der Waals surface area contributed by atoms with E-state index < -0.39 is 0 Å². The van der Waals surface area contributed by atoms with E-state index in [1.54, 1.807) is 0 Å². The molecule has 0 unspecified atom stereocenters. The maximum absolute atomic E-state index is 6.18. The maximum Gasteiger partial charge on any atom is 0.137 e. The number of pyridine rings is 1. The molecule has 3 aromatic heterocycles. The standard InChI is InChI=1S/C17H13Cl2N5/c1-10-14(22-23-21-10)8-15-17(11-2-4-12(18)5-3-11)20-16-7-6-13(19)9-24(15)16/h2-7,9H,8H2,1H3,(H,21,22,23). The topological polar surface area (TPSA) is 58.9 Å². The third-order valence-corrected chi connectivity index (χ3v) is 4.43. The Balaban J connectivity index is 1.93. The fourth-order valence-corrected chi connectivity index (χ4v) is 2.99. The molecule has 4 rings (SSSR count). The molecule has 0 aliphatic rings. The normalized spacial score (nSPS) is 11.3. The van der Waals surface area contributed by atoms with Crippen LogP contribution in [0.1, 0.15) is 17.1 Å². The molecule has 1 N–H and O–H groups in total. The summed E-state index contributed by atoms with van der Waals surface area (Å²) in [4.78, 5) is 4.77. The van der Waals surface area contributed by atoms with Crippen LogP contribution >= 0.6 is 23.2 Å². The van der Waals surface area contributed by atoms with E-state index >= 15 is 0 Å². The van der Waals surface area contributed by atoms with Crippen LogP contribution in [0.4, 0.5) is 0 Å². The van der Waals surface area contributed by atoms with E-state index in [1.165, 1.54) is 0 Å².